The van der Waals surface area contributed by atoms with Gasteiger partial charge in [0, 0.05) is 6.54 Å². The van der Waals surface area contributed by atoms with E-state index < -0.39 is 0 Å². The third-order valence-corrected chi connectivity index (χ3v) is 2.83. The number of nitrogens with one attached hydrogen (secondary N) is 1. The number of hydrogen-bond acceptors (Lipinski definition) is 5. The van der Waals surface area contributed by atoms with Crippen molar-refractivity contribution in [1.82, 2.24) is 5.32 Å². The van der Waals surface area contributed by atoms with E-state index in [2.05, 4.69) is 5.32 Å². The van der Waals surface area contributed by atoms with Crippen LogP contribution in [0.5, 0.6) is 17.2 Å². The van der Waals surface area contributed by atoms with Gasteiger partial charge in [0.1, 0.15) is 0 Å². The fourth-order valence-corrected chi connectivity index (χ4v) is 1.89. The van der Waals surface area contributed by atoms with Crippen LogP contribution in [-0.4, -0.2) is 39.1 Å². The number of aromatic hydroxyl groups is 1. The highest BCUT2D eigenvalue weighted by Crippen LogP contribution is 2.38. The van der Waals surface area contributed by atoms with Crippen molar-refractivity contribution in [1.29, 1.82) is 0 Å². The molecule has 1 aliphatic heterocycles. The molecule has 0 aromatic heterocycles. The summed E-state index contributed by atoms with van der Waals surface area (Å²) < 4.78 is 15.6. The molecule has 18 heavy (non-hydrogen) atoms. The molecule has 1 heterocycles. The molecule has 1 atom stereocenters. The highest BCUT2D eigenvalue weighted by Gasteiger charge is 2.19. The first-order valence-corrected chi connectivity index (χ1v) is 5.52. The Bertz CT molecular complexity index is 369. The first-order valence-electron chi connectivity index (χ1n) is 5.52. The zero-order chi connectivity index (χ0) is 12.3. The zero-order valence-corrected chi connectivity index (χ0v) is 11.3. The second-order valence-corrected chi connectivity index (χ2v) is 3.86. The molecule has 1 aromatic rings. The van der Waals surface area contributed by atoms with E-state index in [4.69, 9.17) is 14.2 Å². The highest BCUT2D eigenvalue weighted by atomic mass is 35.5. The third kappa shape index (κ3) is 2.98. The Balaban J connectivity index is 0.00000162. The molecule has 1 aliphatic rings. The minimum atomic E-state index is 0. The van der Waals surface area contributed by atoms with Crippen LogP contribution < -0.4 is 14.8 Å². The van der Waals surface area contributed by atoms with E-state index in [9.17, 15) is 5.11 Å². The summed E-state index contributed by atoms with van der Waals surface area (Å²) in [6, 6.07) is 3.70. The molecule has 0 spiro atoms. The van der Waals surface area contributed by atoms with Crippen LogP contribution >= 0.6 is 12.4 Å². The Morgan fingerprint density at radius 1 is 1.28 bits per heavy atom. The second kappa shape index (κ2) is 6.68. The molecule has 0 bridgehead atoms. The van der Waals surface area contributed by atoms with E-state index in [1.54, 1.807) is 12.1 Å². The third-order valence-electron chi connectivity index (χ3n) is 2.83. The molecule has 0 saturated carbocycles. The molecule has 0 radical (unpaired) electrons. The number of hydrogen-bond donors (Lipinski definition) is 2. The molecule has 2 rings (SSSR count). The van der Waals surface area contributed by atoms with E-state index in [-0.39, 0.29) is 24.2 Å². The molecule has 102 valence electrons. The average molecular weight is 276 g/mol. The van der Waals surface area contributed by atoms with Gasteiger partial charge in [0.15, 0.2) is 11.5 Å². The van der Waals surface area contributed by atoms with E-state index >= 15 is 0 Å². The van der Waals surface area contributed by atoms with Crippen molar-refractivity contribution < 1.29 is 19.3 Å². The largest absolute Gasteiger partial charge is 0.502 e. The maximum Gasteiger partial charge on any atom is 0.200 e. The van der Waals surface area contributed by atoms with E-state index in [1.165, 1.54) is 14.2 Å². The van der Waals surface area contributed by atoms with Gasteiger partial charge in [-0.05, 0) is 17.7 Å². The fourth-order valence-electron chi connectivity index (χ4n) is 1.89. The van der Waals surface area contributed by atoms with Crippen molar-refractivity contribution in [3.63, 3.8) is 0 Å². The van der Waals surface area contributed by atoms with Gasteiger partial charge in [-0.3, -0.25) is 0 Å². The molecule has 0 aliphatic carbocycles. The summed E-state index contributed by atoms with van der Waals surface area (Å²) in [5, 5.41) is 13.1. The molecule has 0 unspecified atom stereocenters. The fraction of sp³-hybridized carbons (Fsp3) is 0.500. The molecule has 5 nitrogen and oxygen atoms in total. The van der Waals surface area contributed by atoms with E-state index in [0.29, 0.717) is 18.1 Å². The van der Waals surface area contributed by atoms with Crippen molar-refractivity contribution >= 4 is 12.4 Å². The summed E-state index contributed by atoms with van der Waals surface area (Å²) in [6.07, 6.45) is 0. The van der Waals surface area contributed by atoms with Gasteiger partial charge >= 0.3 is 0 Å². The Labute approximate surface area is 112 Å². The maximum atomic E-state index is 9.81. The minimum Gasteiger partial charge on any atom is -0.502 e. The van der Waals surface area contributed by atoms with E-state index in [1.807, 2.05) is 0 Å². The lowest BCUT2D eigenvalue weighted by molar-refractivity contribution is 0.0767. The van der Waals surface area contributed by atoms with Gasteiger partial charge in [0.25, 0.3) is 0 Å². The number of benzene rings is 1. The van der Waals surface area contributed by atoms with Crippen LogP contribution in [-0.2, 0) is 4.74 Å². The lowest BCUT2D eigenvalue weighted by Gasteiger charge is -2.25. The lowest BCUT2D eigenvalue weighted by atomic mass is 10.1. The van der Waals surface area contributed by atoms with E-state index in [0.717, 1.165) is 18.7 Å². The van der Waals surface area contributed by atoms with Gasteiger partial charge in [-0.15, -0.1) is 12.4 Å². The average Bonchev–Trinajstić information content (AvgIpc) is 2.40. The van der Waals surface area contributed by atoms with Crippen LogP contribution in [0.2, 0.25) is 0 Å². The number of morpholine rings is 1. The maximum absolute atomic E-state index is 9.81. The Morgan fingerprint density at radius 3 is 2.33 bits per heavy atom. The molecular formula is C12H18ClNO4. The molecule has 1 fully saturated rings. The number of methoxy groups -OCH3 is 2. The number of halogens is 1. The van der Waals surface area contributed by atoms with Gasteiger partial charge < -0.3 is 24.6 Å². The zero-order valence-electron chi connectivity index (χ0n) is 10.4. The van der Waals surface area contributed by atoms with Gasteiger partial charge in [0.2, 0.25) is 5.75 Å². The Kier molecular flexibility index (Phi) is 5.53. The summed E-state index contributed by atoms with van der Waals surface area (Å²) >= 11 is 0. The highest BCUT2D eigenvalue weighted by molar-refractivity contribution is 5.85. The van der Waals surface area contributed by atoms with Crippen molar-refractivity contribution in [3.05, 3.63) is 17.7 Å². The van der Waals surface area contributed by atoms with Crippen LogP contribution in [0, 0.1) is 0 Å². The number of phenolic OH excluding ortho intramolecular Hbond substituents is 1. The van der Waals surface area contributed by atoms with Crippen molar-refractivity contribution in [2.75, 3.05) is 34.0 Å². The molecule has 0 amide bonds. The van der Waals surface area contributed by atoms with Gasteiger partial charge in [-0.25, -0.2) is 0 Å². The number of ether oxygens (including phenoxy) is 3. The summed E-state index contributed by atoms with van der Waals surface area (Å²) in [4.78, 5) is 0. The smallest absolute Gasteiger partial charge is 0.200 e. The molecule has 6 heteroatoms. The quantitative estimate of drug-likeness (QED) is 0.875. The summed E-state index contributed by atoms with van der Waals surface area (Å²) in [7, 11) is 3.03. The first-order chi connectivity index (χ1) is 8.26. The van der Waals surface area contributed by atoms with Crippen molar-refractivity contribution in [3.8, 4) is 17.2 Å². The lowest BCUT2D eigenvalue weighted by Crippen LogP contribution is -2.34. The molecule has 2 N–H and O–H groups in total. The summed E-state index contributed by atoms with van der Waals surface area (Å²) in [5.41, 5.74) is 0.983. The van der Waals surface area contributed by atoms with Gasteiger partial charge in [-0.2, -0.15) is 0 Å². The molecule has 1 saturated heterocycles. The molecular weight excluding hydrogens is 258 g/mol. The van der Waals surface area contributed by atoms with Crippen molar-refractivity contribution in [2.45, 2.75) is 6.04 Å². The topological polar surface area (TPSA) is 60.0 Å². The van der Waals surface area contributed by atoms with Crippen LogP contribution in [0.15, 0.2) is 12.1 Å². The van der Waals surface area contributed by atoms with Crippen molar-refractivity contribution in [2.24, 2.45) is 0 Å². The predicted octanol–water partition coefficient (Wildman–Crippen LogP) is 1.49. The summed E-state index contributed by atoms with van der Waals surface area (Å²) in [6.45, 7) is 2.15. The molecule has 1 aromatic carbocycles. The first kappa shape index (κ1) is 14.9. The van der Waals surface area contributed by atoms with Crippen LogP contribution in [0.4, 0.5) is 0 Å². The standard InChI is InChI=1S/C12H17NO4.ClH/c1-15-10-5-8(6-11(16-2)12(10)14)9-7-17-4-3-13-9;/h5-6,9,13-14H,3-4,7H2,1-2H3;1H/t9-;/m1./s1. The second-order valence-electron chi connectivity index (χ2n) is 3.86. The predicted molar refractivity (Wildman–Crippen MR) is 70.0 cm³/mol. The number of phenols is 1. The monoisotopic (exact) mass is 275 g/mol. The van der Waals surface area contributed by atoms with Gasteiger partial charge in [0.05, 0.1) is 33.5 Å². The van der Waals surface area contributed by atoms with Crippen LogP contribution in [0.3, 0.4) is 0 Å². The minimum absolute atomic E-state index is 0. The number of rotatable bonds is 3. The SMILES string of the molecule is COc1cc([C@H]2COCCN2)cc(OC)c1O.Cl. The Morgan fingerprint density at radius 2 is 1.89 bits per heavy atom. The van der Waals surface area contributed by atoms with Crippen LogP contribution in [0.25, 0.3) is 0 Å². The van der Waals surface area contributed by atoms with Crippen LogP contribution in [0.1, 0.15) is 11.6 Å². The summed E-state index contributed by atoms with van der Waals surface area (Å²) in [5.74, 6) is 0.842. The Hall–Kier alpha value is -1.17. The normalized spacial score (nSPS) is 18.9. The van der Waals surface area contributed by atoms with Gasteiger partial charge in [-0.1, -0.05) is 0 Å².